The molecule has 0 saturated carbocycles. The third-order valence-electron chi connectivity index (χ3n) is 6.55. The van der Waals surface area contributed by atoms with E-state index in [0.29, 0.717) is 11.5 Å². The number of carboxylic acid groups (broad SMARTS) is 1. The maximum atomic E-state index is 11.1. The molecule has 1 heterocycles. The van der Waals surface area contributed by atoms with E-state index >= 15 is 0 Å². The number of benzene rings is 2. The van der Waals surface area contributed by atoms with E-state index in [2.05, 4.69) is 6.92 Å². The van der Waals surface area contributed by atoms with E-state index in [1.165, 1.54) is 19.4 Å². The van der Waals surface area contributed by atoms with Crippen LogP contribution in [0.4, 0.5) is 0 Å². The quantitative estimate of drug-likeness (QED) is 0.714. The predicted molar refractivity (Wildman–Crippen MR) is 119 cm³/mol. The Morgan fingerprint density at radius 1 is 1.16 bits per heavy atom. The SMILES string of the molecule is Cc1c(C)c2c(c(C)c1O)CCC(C)(CCCc1ccc(OC(C)(C)C(=O)[O-])cc1)O2. The summed E-state index contributed by atoms with van der Waals surface area (Å²) in [6, 6.07) is 7.55. The van der Waals surface area contributed by atoms with Crippen LogP contribution in [0.2, 0.25) is 0 Å². The summed E-state index contributed by atoms with van der Waals surface area (Å²) in [5.74, 6) is 0.605. The molecule has 0 aromatic heterocycles. The highest BCUT2D eigenvalue weighted by atomic mass is 16.5. The Morgan fingerprint density at radius 3 is 2.42 bits per heavy atom. The second-order valence-corrected chi connectivity index (χ2v) is 9.48. The molecule has 0 bridgehead atoms. The third kappa shape index (κ3) is 4.81. The predicted octanol–water partition coefficient (Wildman–Crippen LogP) is 4.33. The number of phenolic OH excluding ortho intramolecular Hbond substituents is 1. The van der Waals surface area contributed by atoms with Crippen molar-refractivity contribution in [1.82, 2.24) is 0 Å². The van der Waals surface area contributed by atoms with Gasteiger partial charge in [-0.2, -0.15) is 0 Å². The molecule has 5 nitrogen and oxygen atoms in total. The molecule has 2 aromatic rings. The zero-order valence-corrected chi connectivity index (χ0v) is 19.4. The molecule has 1 aliphatic heterocycles. The van der Waals surface area contributed by atoms with Crippen molar-refractivity contribution in [3.8, 4) is 17.2 Å². The van der Waals surface area contributed by atoms with Crippen molar-refractivity contribution in [1.29, 1.82) is 0 Å². The lowest BCUT2D eigenvalue weighted by Gasteiger charge is -2.38. The van der Waals surface area contributed by atoms with Crippen molar-refractivity contribution in [2.75, 3.05) is 0 Å². The van der Waals surface area contributed by atoms with Crippen LogP contribution in [0, 0.1) is 20.8 Å². The maximum Gasteiger partial charge on any atom is 0.143 e. The first-order chi connectivity index (χ1) is 14.4. The van der Waals surface area contributed by atoms with Gasteiger partial charge < -0.3 is 24.5 Å². The van der Waals surface area contributed by atoms with Crippen LogP contribution in [-0.4, -0.2) is 22.3 Å². The van der Waals surface area contributed by atoms with Gasteiger partial charge in [-0.25, -0.2) is 0 Å². The molecule has 0 radical (unpaired) electrons. The van der Waals surface area contributed by atoms with E-state index in [1.807, 2.05) is 32.9 Å². The molecule has 2 aromatic carbocycles. The average Bonchev–Trinajstić information content (AvgIpc) is 2.71. The molecule has 168 valence electrons. The Morgan fingerprint density at radius 2 is 1.81 bits per heavy atom. The highest BCUT2D eigenvalue weighted by molar-refractivity contribution is 5.74. The van der Waals surface area contributed by atoms with Gasteiger partial charge in [0, 0.05) is 5.56 Å². The van der Waals surface area contributed by atoms with Gasteiger partial charge >= 0.3 is 0 Å². The molecule has 0 spiro atoms. The van der Waals surface area contributed by atoms with Gasteiger partial charge in [0.2, 0.25) is 0 Å². The van der Waals surface area contributed by atoms with Crippen LogP contribution in [-0.2, 0) is 17.6 Å². The molecular weight excluding hydrogens is 392 g/mol. The van der Waals surface area contributed by atoms with E-state index in [4.69, 9.17) is 9.47 Å². The second-order valence-electron chi connectivity index (χ2n) is 9.48. The molecule has 1 aliphatic rings. The number of carbonyl (C=O) groups excluding carboxylic acids is 1. The minimum atomic E-state index is -1.36. The van der Waals surface area contributed by atoms with E-state index in [1.54, 1.807) is 12.1 Å². The lowest BCUT2D eigenvalue weighted by atomic mass is 9.84. The lowest BCUT2D eigenvalue weighted by molar-refractivity contribution is -0.320. The number of ether oxygens (including phenoxy) is 2. The number of fused-ring (bicyclic) bond motifs is 1. The Hall–Kier alpha value is -2.69. The Balaban J connectivity index is 1.61. The van der Waals surface area contributed by atoms with Crippen LogP contribution in [0.3, 0.4) is 0 Å². The van der Waals surface area contributed by atoms with Gasteiger partial charge in [-0.3, -0.25) is 0 Å². The molecule has 0 aliphatic carbocycles. The van der Waals surface area contributed by atoms with Gasteiger partial charge in [-0.15, -0.1) is 0 Å². The minimum absolute atomic E-state index is 0.227. The van der Waals surface area contributed by atoms with Crippen molar-refractivity contribution in [2.24, 2.45) is 0 Å². The van der Waals surface area contributed by atoms with Gasteiger partial charge in [0.25, 0.3) is 0 Å². The Labute approximate surface area is 185 Å². The molecule has 1 atom stereocenters. The fourth-order valence-electron chi connectivity index (χ4n) is 4.20. The number of aromatic hydroxyl groups is 1. The van der Waals surface area contributed by atoms with Crippen LogP contribution in [0.15, 0.2) is 24.3 Å². The van der Waals surface area contributed by atoms with Crippen molar-refractivity contribution >= 4 is 5.97 Å². The second kappa shape index (κ2) is 8.45. The molecule has 3 rings (SSSR count). The smallest absolute Gasteiger partial charge is 0.143 e. The lowest BCUT2D eigenvalue weighted by Crippen LogP contribution is -2.47. The van der Waals surface area contributed by atoms with Crippen LogP contribution >= 0.6 is 0 Å². The molecule has 31 heavy (non-hydrogen) atoms. The van der Waals surface area contributed by atoms with Crippen LogP contribution in [0.1, 0.15) is 67.9 Å². The summed E-state index contributed by atoms with van der Waals surface area (Å²) in [6.45, 7) is 11.1. The first-order valence-electron chi connectivity index (χ1n) is 10.9. The molecular formula is C26H33O5-. The minimum Gasteiger partial charge on any atom is -0.546 e. The first-order valence-corrected chi connectivity index (χ1v) is 10.9. The standard InChI is InChI=1S/C26H34O5/c1-16-17(2)23-21(18(3)22(16)27)13-15-26(6,31-23)14-7-8-19-9-11-20(12-10-19)30-25(4,5)24(28)29/h9-12,27H,7-8,13-15H2,1-6H3,(H,28,29)/p-1. The van der Waals surface area contributed by atoms with Crippen LogP contribution in [0.25, 0.3) is 0 Å². The molecule has 0 fully saturated rings. The van der Waals surface area contributed by atoms with E-state index in [-0.39, 0.29) is 5.60 Å². The Kier molecular flexibility index (Phi) is 6.26. The Bertz CT molecular complexity index is 975. The molecule has 0 amide bonds. The summed E-state index contributed by atoms with van der Waals surface area (Å²) in [7, 11) is 0. The van der Waals surface area contributed by atoms with E-state index < -0.39 is 11.6 Å². The average molecular weight is 426 g/mol. The van der Waals surface area contributed by atoms with Gasteiger partial charge in [0.05, 0.1) is 5.97 Å². The van der Waals surface area contributed by atoms with E-state index in [0.717, 1.165) is 60.1 Å². The normalized spacial score (nSPS) is 18.3. The van der Waals surface area contributed by atoms with Crippen molar-refractivity contribution < 1.29 is 24.5 Å². The van der Waals surface area contributed by atoms with Gasteiger partial charge in [0.15, 0.2) is 0 Å². The van der Waals surface area contributed by atoms with Gasteiger partial charge in [-0.1, -0.05) is 12.1 Å². The summed E-state index contributed by atoms with van der Waals surface area (Å²) in [5, 5.41) is 21.5. The molecule has 1 N–H and O–H groups in total. The summed E-state index contributed by atoms with van der Waals surface area (Å²) < 4.78 is 12.0. The molecule has 1 unspecified atom stereocenters. The number of aliphatic carboxylic acids is 1. The summed E-state index contributed by atoms with van der Waals surface area (Å²) in [4.78, 5) is 11.1. The summed E-state index contributed by atoms with van der Waals surface area (Å²) in [5.41, 5.74) is 3.57. The van der Waals surface area contributed by atoms with E-state index in [9.17, 15) is 15.0 Å². The third-order valence-corrected chi connectivity index (χ3v) is 6.55. The summed E-state index contributed by atoms with van der Waals surface area (Å²) in [6.07, 6.45) is 4.65. The fourth-order valence-corrected chi connectivity index (χ4v) is 4.20. The number of hydrogen-bond donors (Lipinski definition) is 1. The zero-order valence-electron chi connectivity index (χ0n) is 19.4. The highest BCUT2D eigenvalue weighted by Crippen LogP contribution is 2.44. The van der Waals surface area contributed by atoms with Gasteiger partial charge in [-0.05, 0) is 108 Å². The zero-order chi connectivity index (χ0) is 23.0. The van der Waals surface area contributed by atoms with Crippen LogP contribution < -0.4 is 14.6 Å². The van der Waals surface area contributed by atoms with Crippen molar-refractivity contribution in [3.63, 3.8) is 0 Å². The highest BCUT2D eigenvalue weighted by Gasteiger charge is 2.34. The maximum absolute atomic E-state index is 11.1. The number of aryl methyl sites for hydroxylation is 1. The van der Waals surface area contributed by atoms with Gasteiger partial charge in [0.1, 0.15) is 28.5 Å². The number of phenols is 1. The first kappa shape index (κ1) is 23.0. The molecule has 0 saturated heterocycles. The van der Waals surface area contributed by atoms with Crippen molar-refractivity contribution in [2.45, 2.75) is 84.8 Å². The summed E-state index contributed by atoms with van der Waals surface area (Å²) >= 11 is 0. The number of rotatable bonds is 7. The topological polar surface area (TPSA) is 78.8 Å². The largest absolute Gasteiger partial charge is 0.546 e. The number of carbonyl (C=O) groups is 1. The van der Waals surface area contributed by atoms with Crippen molar-refractivity contribution in [3.05, 3.63) is 52.1 Å². The molecule has 5 heteroatoms. The number of carboxylic acids is 1. The monoisotopic (exact) mass is 425 g/mol. The fraction of sp³-hybridized carbons (Fsp3) is 0.500. The number of hydrogen-bond acceptors (Lipinski definition) is 5. The van der Waals surface area contributed by atoms with Crippen LogP contribution in [0.5, 0.6) is 17.2 Å².